The van der Waals surface area contributed by atoms with Gasteiger partial charge < -0.3 is 0 Å². The minimum Gasteiger partial charge on any atom is -0.294 e. The maximum Gasteiger partial charge on any atom is 0.261 e. The lowest BCUT2D eigenvalue weighted by Crippen LogP contribution is -2.24. The van der Waals surface area contributed by atoms with Crippen LogP contribution in [0.25, 0.3) is 0 Å². The van der Waals surface area contributed by atoms with Crippen molar-refractivity contribution in [2.75, 3.05) is 7.05 Å². The van der Waals surface area contributed by atoms with Crippen LogP contribution in [0.15, 0.2) is 310 Å². The van der Waals surface area contributed by atoms with Crippen LogP contribution in [-0.2, 0) is 32.1 Å². The predicted octanol–water partition coefficient (Wildman–Crippen LogP) is 23.1. The first-order chi connectivity index (χ1) is 66.6. The van der Waals surface area contributed by atoms with Crippen LogP contribution in [0.2, 0.25) is 0 Å². The predicted molar refractivity (Wildman–Crippen MR) is 531 cm³/mol. The molecule has 1 aromatic heterocycles. The van der Waals surface area contributed by atoms with Crippen LogP contribution < -0.4 is 0 Å². The van der Waals surface area contributed by atoms with E-state index < -0.39 is 11.6 Å². The first-order valence-corrected chi connectivity index (χ1v) is 45.4. The van der Waals surface area contributed by atoms with Gasteiger partial charge in [0.05, 0.1) is 17.5 Å². The molecule has 13 heteroatoms. The number of nitrogens with zero attached hydrogens (tertiary/aromatic N) is 2. The number of pyridine rings is 1. The molecule has 0 radical (unpaired) electrons. The summed E-state index contributed by atoms with van der Waals surface area (Å²) in [5.74, 6) is 42.2. The van der Waals surface area contributed by atoms with E-state index in [9.17, 15) is 51.9 Å². The van der Waals surface area contributed by atoms with Crippen LogP contribution in [0.4, 0.5) is 8.78 Å². The van der Waals surface area contributed by atoms with Gasteiger partial charge in [0.2, 0.25) is 0 Å². The average molecular weight is 1790 g/mol. The Balaban J connectivity index is 0.000000121. The topological polar surface area (TPSA) is 170 Å². The van der Waals surface area contributed by atoms with Gasteiger partial charge in [-0.25, -0.2) is 8.78 Å². The molecular weight excluding hydrogens is 1700 g/mol. The lowest BCUT2D eigenvalue weighted by molar-refractivity contribution is 0.0690. The van der Waals surface area contributed by atoms with E-state index in [2.05, 4.69) is 138 Å². The van der Waals surface area contributed by atoms with Crippen molar-refractivity contribution < 1.29 is 51.9 Å². The zero-order valence-corrected chi connectivity index (χ0v) is 75.9. The van der Waals surface area contributed by atoms with Crippen molar-refractivity contribution in [3.8, 4) is 82.9 Å². The van der Waals surface area contributed by atoms with Crippen LogP contribution >= 0.6 is 0 Å². The summed E-state index contributed by atoms with van der Waals surface area (Å²) in [6, 6.07) is 91.8. The third-order valence-electron chi connectivity index (χ3n) is 23.5. The molecule has 137 heavy (non-hydrogen) atoms. The Bertz CT molecular complexity index is 7580. The van der Waals surface area contributed by atoms with Gasteiger partial charge in [-0.15, -0.1) is 0 Å². The minimum absolute atomic E-state index is 0.00903. The number of aryl methyl sites for hydroxylation is 7. The lowest BCUT2D eigenvalue weighted by Gasteiger charge is -2.14. The van der Waals surface area contributed by atoms with Crippen molar-refractivity contribution in [3.05, 3.63) is 488 Å². The Hall–Kier alpha value is -17.4. The summed E-state index contributed by atoms with van der Waals surface area (Å²) in [5, 5.41) is 0. The highest BCUT2D eigenvalue weighted by Gasteiger charge is 2.33. The summed E-state index contributed by atoms with van der Waals surface area (Å²) in [6.07, 6.45) is 15.1. The minimum atomic E-state index is -0.643. The van der Waals surface area contributed by atoms with E-state index in [1.54, 1.807) is 60.9 Å². The van der Waals surface area contributed by atoms with Crippen LogP contribution in [0.1, 0.15) is 274 Å². The largest absolute Gasteiger partial charge is 0.294 e. The van der Waals surface area contributed by atoms with Gasteiger partial charge in [0.1, 0.15) is 11.6 Å². The first-order valence-electron chi connectivity index (χ1n) is 45.4. The number of hydrogen-bond acceptors (Lipinski definition) is 10. The second-order valence-electron chi connectivity index (χ2n) is 33.6. The van der Waals surface area contributed by atoms with Gasteiger partial charge in [-0.3, -0.25) is 53.0 Å². The Kier molecular flexibility index (Phi) is 31.4. The number of Topliss-reactive ketones (excluding diaryl/α,β-unsaturated/α-hetero) is 7. The van der Waals surface area contributed by atoms with Crippen molar-refractivity contribution in [2.45, 2.75) is 110 Å². The van der Waals surface area contributed by atoms with Crippen molar-refractivity contribution in [3.63, 3.8) is 0 Å². The summed E-state index contributed by atoms with van der Waals surface area (Å²) in [7, 11) is 1.49. The standard InChI is InChI=1S/2C19H16O.C18H12F2O.C17H11NO2.C17H13NO.C17H10O2.C17H12O/c1-14-4-2-5-15(12-14)8-9-16-10-11-18-17(13-16)6-3-7-19(18)20;1-14-5-7-15(8-6-14)9-10-16-11-12-18-17(13-16)3-2-4-19(18)20;19-15-9-13(10-16(20)11-15)5-4-12-6-7-17-14(8-12)2-1-3-18(17)21;1-18-16(19)14-10-9-13(11-15(14)17(18)20)8-7-12-5-3-2-4-6-12;19-17-3-1-2-15-12-14(6-7-16(15)17)5-4-13-8-10-18-11-9-13;18-16-11-17(19)15-10-13(8-9-14(15)16)7-6-12-4-2-1-3-5-12;18-17-11-9-15-12-14(8-10-16(15)17)7-6-13-4-2-1-3-5-13/h2,4-5,10-13H,3,6-7H2,1H3;5-8,11-13H,2-4H2,1H3;6-11H,1-3H2;2-6,9-11H,1H3;6-12H,1-3H2;1-5,8-10H,11H2;1-5,8,10,12H,9,11H2. The van der Waals surface area contributed by atoms with Crippen LogP contribution in [0.5, 0.6) is 0 Å². The van der Waals surface area contributed by atoms with Crippen molar-refractivity contribution in [1.82, 2.24) is 9.88 Å². The van der Waals surface area contributed by atoms with Crippen molar-refractivity contribution >= 4 is 52.3 Å². The second-order valence-corrected chi connectivity index (χ2v) is 33.6. The van der Waals surface area contributed by atoms with Gasteiger partial charge in [-0.05, 0) is 317 Å². The van der Waals surface area contributed by atoms with Gasteiger partial charge in [-0.2, -0.15) is 0 Å². The summed E-state index contributed by atoms with van der Waals surface area (Å²) in [4.78, 5) is 110. The molecule has 0 N–H and O–H groups in total. The molecule has 2 heterocycles. The molecule has 11 nitrogen and oxygen atoms in total. The van der Waals surface area contributed by atoms with Gasteiger partial charge in [-0.1, -0.05) is 167 Å². The zero-order valence-electron chi connectivity index (χ0n) is 75.9. The highest BCUT2D eigenvalue weighted by Crippen LogP contribution is 2.30. The SMILES string of the molecule is CN1C(=O)c2ccc(C#Cc3ccccc3)cc2C1=O.Cc1ccc(C#Cc2ccc3c(c2)CCCC3=O)cc1.Cc1cccc(C#Cc2ccc3c(c2)CCCC3=O)c1.O=C1CC(=O)c2cc(C#Cc3ccccc3)ccc21.O=C1CCCc2cc(C#Cc3cc(F)cc(F)c3)ccc21.O=C1CCCc2cc(C#Cc3ccncc3)ccc21.O=C1CCc2cc(C#Cc3ccccc3)ccc21. The maximum atomic E-state index is 13.1. The summed E-state index contributed by atoms with van der Waals surface area (Å²) >= 11 is 0. The van der Waals surface area contributed by atoms with E-state index in [-0.39, 0.29) is 58.7 Å². The van der Waals surface area contributed by atoms with E-state index in [0.717, 1.165) is 197 Å². The number of hydrogen-bond donors (Lipinski definition) is 0. The van der Waals surface area contributed by atoms with Crippen LogP contribution in [0.3, 0.4) is 0 Å². The molecule has 6 aliphatic carbocycles. The van der Waals surface area contributed by atoms with Gasteiger partial charge >= 0.3 is 0 Å². The Morgan fingerprint density at radius 3 is 0.891 bits per heavy atom. The maximum absolute atomic E-state index is 13.1. The van der Waals surface area contributed by atoms with E-state index >= 15 is 0 Å². The highest BCUT2D eigenvalue weighted by atomic mass is 19.1. The molecule has 664 valence electrons. The average Bonchev–Trinajstić information content (AvgIpc) is 1.62. The number of carbonyl (C=O) groups is 9. The Labute approximate surface area is 797 Å². The normalized spacial score (nSPS) is 13.1. The van der Waals surface area contributed by atoms with Crippen LogP contribution in [-0.4, -0.2) is 69.2 Å². The van der Waals surface area contributed by atoms with Gasteiger partial charge in [0.25, 0.3) is 11.8 Å². The lowest BCUT2D eigenvalue weighted by atomic mass is 9.89. The number of carbonyl (C=O) groups excluding carboxylic acids is 9. The number of benzene rings is 13. The second kappa shape index (κ2) is 45.6. The number of imide groups is 1. The molecule has 0 fully saturated rings. The van der Waals surface area contributed by atoms with E-state index in [0.29, 0.717) is 59.9 Å². The number of amides is 2. The number of rotatable bonds is 0. The molecular formula is C124H90F2N2O9. The molecule has 2 amide bonds. The number of aromatic nitrogens is 1. The monoisotopic (exact) mass is 1790 g/mol. The number of ketones is 7. The van der Waals surface area contributed by atoms with Gasteiger partial charge in [0.15, 0.2) is 40.5 Å². The quantitative estimate of drug-likeness (QED) is 0.0809. The van der Waals surface area contributed by atoms with E-state index in [1.807, 2.05) is 194 Å². The molecule has 0 bridgehead atoms. The Morgan fingerprint density at radius 1 is 0.219 bits per heavy atom. The summed E-state index contributed by atoms with van der Waals surface area (Å²) in [5.41, 5.74) is 26.5. The fraction of sp³-hybridized carbons (Fsp3) is 0.145. The molecule has 0 saturated heterocycles. The highest BCUT2D eigenvalue weighted by molar-refractivity contribution is 6.24. The third kappa shape index (κ3) is 25.9. The van der Waals surface area contributed by atoms with E-state index in [4.69, 9.17) is 0 Å². The smallest absolute Gasteiger partial charge is 0.261 e. The molecule has 0 unspecified atom stereocenters. The van der Waals surface area contributed by atoms with Gasteiger partial charge in [0, 0.05) is 174 Å². The molecule has 7 aliphatic rings. The molecule has 1 aliphatic heterocycles. The van der Waals surface area contributed by atoms with Crippen LogP contribution in [0, 0.1) is 108 Å². The molecule has 0 spiro atoms. The van der Waals surface area contributed by atoms with Crippen molar-refractivity contribution in [2.24, 2.45) is 0 Å². The van der Waals surface area contributed by atoms with Crippen molar-refractivity contribution in [1.29, 1.82) is 0 Å². The molecule has 14 aromatic rings. The molecule has 21 rings (SSSR count). The summed E-state index contributed by atoms with van der Waals surface area (Å²) < 4.78 is 26.2. The van der Waals surface area contributed by atoms with E-state index in [1.165, 1.54) is 30.3 Å². The number of fused-ring (bicyclic) bond motifs is 7. The fourth-order valence-corrected chi connectivity index (χ4v) is 16.3. The fourth-order valence-electron chi connectivity index (χ4n) is 16.3. The summed E-state index contributed by atoms with van der Waals surface area (Å²) in [6.45, 7) is 4.13. The third-order valence-corrected chi connectivity index (χ3v) is 23.5. The number of halogens is 2. The molecule has 13 aromatic carbocycles. The molecule has 0 saturated carbocycles. The molecule has 0 atom stereocenters. The first kappa shape index (κ1) is 94.3. The Morgan fingerprint density at radius 2 is 0.504 bits per heavy atom. The zero-order chi connectivity index (χ0) is 95.5.